The van der Waals surface area contributed by atoms with Gasteiger partial charge in [0.2, 0.25) is 0 Å². The summed E-state index contributed by atoms with van der Waals surface area (Å²) in [5.41, 5.74) is 0. The number of hydrogen-bond acceptors (Lipinski definition) is 4. The zero-order valence-corrected chi connectivity index (χ0v) is 7.91. The van der Waals surface area contributed by atoms with Crippen LogP contribution in [0.5, 0.6) is 0 Å². The first-order valence-corrected chi connectivity index (χ1v) is 4.54. The molecule has 1 aliphatic rings. The van der Waals surface area contributed by atoms with Crippen molar-refractivity contribution in [3.63, 3.8) is 0 Å². The summed E-state index contributed by atoms with van der Waals surface area (Å²) < 4.78 is 9.56. The van der Waals surface area contributed by atoms with Crippen LogP contribution in [-0.2, 0) is 19.1 Å². The lowest BCUT2D eigenvalue weighted by Crippen LogP contribution is -2.13. The van der Waals surface area contributed by atoms with Crippen LogP contribution in [0, 0.1) is 11.8 Å². The lowest BCUT2D eigenvalue weighted by atomic mass is 10.3. The van der Waals surface area contributed by atoms with E-state index in [0.717, 1.165) is 0 Å². The molecular formula is C9H14O4. The van der Waals surface area contributed by atoms with Gasteiger partial charge in [-0.25, -0.2) is 0 Å². The van der Waals surface area contributed by atoms with Crippen molar-refractivity contribution in [1.82, 2.24) is 0 Å². The van der Waals surface area contributed by atoms with Crippen LogP contribution in [0.25, 0.3) is 0 Å². The second kappa shape index (κ2) is 4.25. The Hall–Kier alpha value is -1.06. The monoisotopic (exact) mass is 186 g/mol. The average Bonchev–Trinajstić information content (AvgIpc) is 2.84. The molecule has 1 fully saturated rings. The molecule has 0 heterocycles. The van der Waals surface area contributed by atoms with Gasteiger partial charge in [-0.2, -0.15) is 0 Å². The third-order valence-electron chi connectivity index (χ3n) is 1.97. The molecule has 0 radical (unpaired) electrons. The van der Waals surface area contributed by atoms with Crippen molar-refractivity contribution in [2.24, 2.45) is 11.8 Å². The number of carbonyl (C=O) groups is 2. The fourth-order valence-electron chi connectivity index (χ4n) is 1.21. The van der Waals surface area contributed by atoms with Crippen molar-refractivity contribution in [2.75, 3.05) is 13.2 Å². The van der Waals surface area contributed by atoms with Crippen molar-refractivity contribution >= 4 is 11.9 Å². The van der Waals surface area contributed by atoms with E-state index in [1.165, 1.54) is 0 Å². The molecule has 1 aliphatic carbocycles. The molecule has 1 rings (SSSR count). The van der Waals surface area contributed by atoms with Crippen LogP contribution in [-0.4, -0.2) is 25.2 Å². The molecule has 0 bridgehead atoms. The van der Waals surface area contributed by atoms with Gasteiger partial charge in [-0.1, -0.05) is 0 Å². The molecule has 0 saturated heterocycles. The van der Waals surface area contributed by atoms with Crippen LogP contribution in [0.1, 0.15) is 20.3 Å². The summed E-state index contributed by atoms with van der Waals surface area (Å²) in [6.45, 7) is 4.23. The third kappa shape index (κ3) is 2.44. The minimum Gasteiger partial charge on any atom is -0.466 e. The Morgan fingerprint density at radius 1 is 1.08 bits per heavy atom. The molecule has 0 spiro atoms. The normalized spacial score (nSPS) is 25.1. The Balaban J connectivity index is 2.29. The van der Waals surface area contributed by atoms with Gasteiger partial charge in [-0.15, -0.1) is 0 Å². The molecular weight excluding hydrogens is 172 g/mol. The van der Waals surface area contributed by atoms with Crippen molar-refractivity contribution in [1.29, 1.82) is 0 Å². The molecule has 2 atom stereocenters. The molecule has 0 unspecified atom stereocenters. The highest BCUT2D eigenvalue weighted by Crippen LogP contribution is 2.40. The summed E-state index contributed by atoms with van der Waals surface area (Å²) in [6.07, 6.45) is 0.581. The van der Waals surface area contributed by atoms with E-state index in [0.29, 0.717) is 19.6 Å². The quantitative estimate of drug-likeness (QED) is 0.608. The highest BCUT2D eigenvalue weighted by molar-refractivity contribution is 5.87. The summed E-state index contributed by atoms with van der Waals surface area (Å²) in [6, 6.07) is 0. The topological polar surface area (TPSA) is 52.6 Å². The minimum absolute atomic E-state index is 0.251. The maximum absolute atomic E-state index is 11.1. The number of ether oxygens (including phenoxy) is 2. The zero-order valence-electron chi connectivity index (χ0n) is 7.91. The minimum atomic E-state index is -0.277. The van der Waals surface area contributed by atoms with Crippen LogP contribution < -0.4 is 0 Å². The number of hydrogen-bond donors (Lipinski definition) is 0. The van der Waals surface area contributed by atoms with Crippen LogP contribution in [0.15, 0.2) is 0 Å². The number of carbonyl (C=O) groups excluding carboxylic acids is 2. The molecule has 0 aromatic heterocycles. The molecule has 1 saturated carbocycles. The standard InChI is InChI=1S/C9H14O4/c1-3-12-8(10)6-5-7(6)9(11)13-4-2/h6-7H,3-5H2,1-2H3/t6-,7+. The van der Waals surface area contributed by atoms with E-state index in [-0.39, 0.29) is 23.8 Å². The van der Waals surface area contributed by atoms with Gasteiger partial charge < -0.3 is 9.47 Å². The second-order valence-electron chi connectivity index (χ2n) is 2.95. The van der Waals surface area contributed by atoms with Gasteiger partial charge in [0.05, 0.1) is 25.0 Å². The van der Waals surface area contributed by atoms with Gasteiger partial charge in [0, 0.05) is 0 Å². The zero-order chi connectivity index (χ0) is 9.84. The predicted molar refractivity (Wildman–Crippen MR) is 44.9 cm³/mol. The Labute approximate surface area is 77.2 Å². The molecule has 0 aliphatic heterocycles. The van der Waals surface area contributed by atoms with Crippen molar-refractivity contribution < 1.29 is 19.1 Å². The average molecular weight is 186 g/mol. The molecule has 0 amide bonds. The largest absolute Gasteiger partial charge is 0.466 e. The molecule has 13 heavy (non-hydrogen) atoms. The number of esters is 2. The van der Waals surface area contributed by atoms with E-state index in [1.54, 1.807) is 13.8 Å². The van der Waals surface area contributed by atoms with Gasteiger partial charge in [0.1, 0.15) is 0 Å². The van der Waals surface area contributed by atoms with E-state index < -0.39 is 0 Å². The Morgan fingerprint density at radius 2 is 1.46 bits per heavy atom. The molecule has 4 heteroatoms. The SMILES string of the molecule is CCOC(=O)[C@H]1C[C@H]1C(=O)OCC. The summed E-state index contributed by atoms with van der Waals surface area (Å²) in [5, 5.41) is 0. The van der Waals surface area contributed by atoms with E-state index in [2.05, 4.69) is 0 Å². The van der Waals surface area contributed by atoms with Gasteiger partial charge in [0.15, 0.2) is 0 Å². The third-order valence-corrected chi connectivity index (χ3v) is 1.97. The fraction of sp³-hybridized carbons (Fsp3) is 0.778. The van der Waals surface area contributed by atoms with E-state index in [4.69, 9.17) is 9.47 Å². The van der Waals surface area contributed by atoms with Crippen LogP contribution in [0.3, 0.4) is 0 Å². The Kier molecular flexibility index (Phi) is 3.28. The Morgan fingerprint density at radius 3 is 1.77 bits per heavy atom. The molecule has 0 aromatic carbocycles. The van der Waals surface area contributed by atoms with Crippen LogP contribution in [0.2, 0.25) is 0 Å². The van der Waals surface area contributed by atoms with E-state index >= 15 is 0 Å². The molecule has 4 nitrogen and oxygen atoms in total. The van der Waals surface area contributed by atoms with Crippen molar-refractivity contribution in [3.05, 3.63) is 0 Å². The van der Waals surface area contributed by atoms with Gasteiger partial charge in [0.25, 0.3) is 0 Å². The molecule has 0 N–H and O–H groups in total. The lowest BCUT2D eigenvalue weighted by Gasteiger charge is -2.00. The highest BCUT2D eigenvalue weighted by Gasteiger charge is 2.50. The lowest BCUT2D eigenvalue weighted by molar-refractivity contribution is -0.150. The first-order valence-electron chi connectivity index (χ1n) is 4.54. The predicted octanol–water partition coefficient (Wildman–Crippen LogP) is 0.749. The van der Waals surface area contributed by atoms with Gasteiger partial charge >= 0.3 is 11.9 Å². The second-order valence-corrected chi connectivity index (χ2v) is 2.95. The molecule has 74 valence electrons. The Bertz CT molecular complexity index is 190. The number of rotatable bonds is 4. The summed E-state index contributed by atoms with van der Waals surface area (Å²) in [4.78, 5) is 22.2. The maximum Gasteiger partial charge on any atom is 0.309 e. The summed E-state index contributed by atoms with van der Waals surface area (Å²) >= 11 is 0. The van der Waals surface area contributed by atoms with Crippen molar-refractivity contribution in [3.8, 4) is 0 Å². The fourth-order valence-corrected chi connectivity index (χ4v) is 1.21. The smallest absolute Gasteiger partial charge is 0.309 e. The molecule has 0 aromatic rings. The first kappa shape index (κ1) is 10.0. The van der Waals surface area contributed by atoms with E-state index in [9.17, 15) is 9.59 Å². The van der Waals surface area contributed by atoms with Crippen LogP contribution >= 0.6 is 0 Å². The van der Waals surface area contributed by atoms with Crippen molar-refractivity contribution in [2.45, 2.75) is 20.3 Å². The van der Waals surface area contributed by atoms with Gasteiger partial charge in [-0.3, -0.25) is 9.59 Å². The summed E-state index contributed by atoms with van der Waals surface area (Å²) in [5.74, 6) is -1.06. The highest BCUT2D eigenvalue weighted by atomic mass is 16.5. The van der Waals surface area contributed by atoms with E-state index in [1.807, 2.05) is 0 Å². The van der Waals surface area contributed by atoms with Gasteiger partial charge in [-0.05, 0) is 20.3 Å². The first-order chi connectivity index (χ1) is 6.20. The van der Waals surface area contributed by atoms with Crippen LogP contribution in [0.4, 0.5) is 0 Å². The maximum atomic E-state index is 11.1. The summed E-state index contributed by atoms with van der Waals surface area (Å²) in [7, 11) is 0.